The molecule has 0 amide bonds. The molecule has 4 aliphatic carbocycles. The molecule has 0 bridgehead atoms. The van der Waals surface area contributed by atoms with Crippen LogP contribution in [0.3, 0.4) is 0 Å². The summed E-state index contributed by atoms with van der Waals surface area (Å²) in [7, 11) is 0. The van der Waals surface area contributed by atoms with Crippen LogP contribution in [0, 0.1) is 59.2 Å². The van der Waals surface area contributed by atoms with Gasteiger partial charge in [0.25, 0.3) is 0 Å². The van der Waals surface area contributed by atoms with E-state index in [4.69, 9.17) is 0 Å². The highest BCUT2D eigenvalue weighted by Crippen LogP contribution is 2.57. The normalized spacial score (nSPS) is 43.5. The van der Waals surface area contributed by atoms with E-state index in [0.717, 1.165) is 59.2 Å². The SMILES string of the molecule is CCC1CCCC(C)C1.CCCCC1C(C)CC2CCCC2C1C1CCC(CC)C(CC)C1. The fourth-order valence-electron chi connectivity index (χ4n) is 9.51. The minimum absolute atomic E-state index is 1.00. The summed E-state index contributed by atoms with van der Waals surface area (Å²) in [4.78, 5) is 0. The third-order valence-corrected chi connectivity index (χ3v) is 11.4. The Bertz CT molecular complexity index is 522. The minimum Gasteiger partial charge on any atom is -0.0654 e. The van der Waals surface area contributed by atoms with Crippen molar-refractivity contribution in [2.24, 2.45) is 59.2 Å². The molecule has 0 saturated heterocycles. The highest BCUT2D eigenvalue weighted by atomic mass is 14.5. The standard InChI is InChI=1S/C24H44.C9H18/c1-5-8-11-22-17(4)15-20-10-9-12-23(20)24(22)21-14-13-18(6-2)19(7-3)16-21;1-3-9-6-4-5-8(2)7-9/h17-24H,5-16H2,1-4H3;8-9H,3-7H2,1-2H3. The molecule has 10 atom stereocenters. The molecule has 4 rings (SSSR count). The van der Waals surface area contributed by atoms with Crippen molar-refractivity contribution in [2.45, 2.75) is 151 Å². The molecule has 0 nitrogen and oxygen atoms in total. The monoisotopic (exact) mass is 458 g/mol. The lowest BCUT2D eigenvalue weighted by Gasteiger charge is -2.51. The van der Waals surface area contributed by atoms with Crippen molar-refractivity contribution in [2.75, 3.05) is 0 Å². The summed E-state index contributed by atoms with van der Waals surface area (Å²) in [5, 5.41) is 0. The summed E-state index contributed by atoms with van der Waals surface area (Å²) >= 11 is 0. The Kier molecular flexibility index (Phi) is 11.6. The van der Waals surface area contributed by atoms with Gasteiger partial charge >= 0.3 is 0 Å². The number of hydrogen-bond donors (Lipinski definition) is 0. The molecule has 0 spiro atoms. The predicted molar refractivity (Wildman–Crippen MR) is 147 cm³/mol. The van der Waals surface area contributed by atoms with Crippen molar-refractivity contribution in [3.63, 3.8) is 0 Å². The summed E-state index contributed by atoms with van der Waals surface area (Å²) in [6, 6.07) is 0. The largest absolute Gasteiger partial charge is 0.0654 e. The second-order valence-corrected chi connectivity index (χ2v) is 13.4. The zero-order valence-electron chi connectivity index (χ0n) is 23.8. The number of fused-ring (bicyclic) bond motifs is 1. The van der Waals surface area contributed by atoms with Crippen molar-refractivity contribution in [1.82, 2.24) is 0 Å². The highest BCUT2D eigenvalue weighted by molar-refractivity contribution is 4.98. The van der Waals surface area contributed by atoms with Crippen molar-refractivity contribution in [3.8, 4) is 0 Å². The summed E-state index contributed by atoms with van der Waals surface area (Å²) in [5.41, 5.74) is 0. The molecule has 0 N–H and O–H groups in total. The maximum atomic E-state index is 2.62. The fraction of sp³-hybridized carbons (Fsp3) is 1.00. The minimum atomic E-state index is 1.00. The van der Waals surface area contributed by atoms with Crippen LogP contribution in [-0.4, -0.2) is 0 Å². The van der Waals surface area contributed by atoms with E-state index in [1.165, 1.54) is 64.2 Å². The van der Waals surface area contributed by atoms with Crippen LogP contribution in [0.1, 0.15) is 151 Å². The first kappa shape index (κ1) is 27.6. The summed E-state index contributed by atoms with van der Waals surface area (Å²) in [6.45, 7) is 14.6. The molecular weight excluding hydrogens is 396 g/mol. The van der Waals surface area contributed by atoms with Gasteiger partial charge in [-0.15, -0.1) is 0 Å². The molecule has 0 aromatic rings. The molecule has 33 heavy (non-hydrogen) atoms. The summed E-state index contributed by atoms with van der Waals surface area (Å²) in [6.07, 6.45) is 25.6. The van der Waals surface area contributed by atoms with E-state index in [-0.39, 0.29) is 0 Å². The van der Waals surface area contributed by atoms with Crippen LogP contribution in [0.25, 0.3) is 0 Å². The first-order valence-electron chi connectivity index (χ1n) is 16.0. The van der Waals surface area contributed by atoms with E-state index in [1.807, 2.05) is 0 Å². The second-order valence-electron chi connectivity index (χ2n) is 13.4. The van der Waals surface area contributed by atoms with E-state index >= 15 is 0 Å². The highest BCUT2D eigenvalue weighted by Gasteiger charge is 2.48. The van der Waals surface area contributed by atoms with E-state index < -0.39 is 0 Å². The van der Waals surface area contributed by atoms with Gasteiger partial charge in [-0.3, -0.25) is 0 Å². The molecule has 0 heteroatoms. The maximum Gasteiger partial charge on any atom is -0.0324 e. The summed E-state index contributed by atoms with van der Waals surface area (Å²) in [5.74, 6) is 10.6. The third-order valence-electron chi connectivity index (χ3n) is 11.4. The first-order valence-corrected chi connectivity index (χ1v) is 16.0. The second kappa shape index (κ2) is 13.9. The van der Waals surface area contributed by atoms with Crippen molar-refractivity contribution >= 4 is 0 Å². The van der Waals surface area contributed by atoms with Crippen LogP contribution in [0.15, 0.2) is 0 Å². The van der Waals surface area contributed by atoms with Gasteiger partial charge in [0.1, 0.15) is 0 Å². The quantitative estimate of drug-likeness (QED) is 0.356. The Morgan fingerprint density at radius 3 is 2.03 bits per heavy atom. The Morgan fingerprint density at radius 2 is 1.39 bits per heavy atom. The number of hydrogen-bond acceptors (Lipinski definition) is 0. The Labute approximate surface area is 209 Å². The third kappa shape index (κ3) is 7.26. The molecule has 0 heterocycles. The lowest BCUT2D eigenvalue weighted by Crippen LogP contribution is -2.43. The van der Waals surface area contributed by atoms with E-state index in [9.17, 15) is 0 Å². The molecule has 4 aliphatic rings. The Morgan fingerprint density at radius 1 is 0.636 bits per heavy atom. The fourth-order valence-corrected chi connectivity index (χ4v) is 9.51. The molecule has 0 aliphatic heterocycles. The molecule has 10 unspecified atom stereocenters. The van der Waals surface area contributed by atoms with Crippen LogP contribution in [-0.2, 0) is 0 Å². The van der Waals surface area contributed by atoms with Gasteiger partial charge < -0.3 is 0 Å². The molecule has 0 aromatic carbocycles. The van der Waals surface area contributed by atoms with Gasteiger partial charge in [0.2, 0.25) is 0 Å². The average Bonchev–Trinajstić information content (AvgIpc) is 3.30. The zero-order chi connectivity index (χ0) is 23.8. The molecule has 0 aromatic heterocycles. The topological polar surface area (TPSA) is 0 Å². The predicted octanol–water partition coefficient (Wildman–Crippen LogP) is 10.9. The Balaban J connectivity index is 0.000000286. The Hall–Kier alpha value is 0. The van der Waals surface area contributed by atoms with Crippen LogP contribution >= 0.6 is 0 Å². The van der Waals surface area contributed by atoms with Gasteiger partial charge in [-0.25, -0.2) is 0 Å². The molecule has 0 radical (unpaired) electrons. The van der Waals surface area contributed by atoms with E-state index in [2.05, 4.69) is 41.5 Å². The lowest BCUT2D eigenvalue weighted by atomic mass is 9.55. The van der Waals surface area contributed by atoms with Crippen molar-refractivity contribution in [1.29, 1.82) is 0 Å². The number of rotatable bonds is 7. The van der Waals surface area contributed by atoms with Crippen LogP contribution in [0.5, 0.6) is 0 Å². The van der Waals surface area contributed by atoms with E-state index in [0.29, 0.717) is 0 Å². The van der Waals surface area contributed by atoms with Gasteiger partial charge in [-0.2, -0.15) is 0 Å². The van der Waals surface area contributed by atoms with Gasteiger partial charge in [-0.05, 0) is 104 Å². The average molecular weight is 459 g/mol. The molecule has 4 saturated carbocycles. The number of unbranched alkanes of at least 4 members (excludes halogenated alkanes) is 1. The molecule has 4 fully saturated rings. The van der Waals surface area contributed by atoms with Crippen LogP contribution < -0.4 is 0 Å². The van der Waals surface area contributed by atoms with Crippen molar-refractivity contribution in [3.05, 3.63) is 0 Å². The van der Waals surface area contributed by atoms with Crippen LogP contribution in [0.4, 0.5) is 0 Å². The lowest BCUT2D eigenvalue weighted by molar-refractivity contribution is -0.0149. The maximum absolute atomic E-state index is 2.62. The summed E-state index contributed by atoms with van der Waals surface area (Å²) < 4.78 is 0. The van der Waals surface area contributed by atoms with Gasteiger partial charge in [-0.1, -0.05) is 106 Å². The first-order chi connectivity index (χ1) is 16.0. The van der Waals surface area contributed by atoms with Crippen molar-refractivity contribution < 1.29 is 0 Å². The van der Waals surface area contributed by atoms with Gasteiger partial charge in [0.05, 0.1) is 0 Å². The van der Waals surface area contributed by atoms with Crippen LogP contribution in [0.2, 0.25) is 0 Å². The molecular formula is C33H62. The van der Waals surface area contributed by atoms with Gasteiger partial charge in [0.15, 0.2) is 0 Å². The van der Waals surface area contributed by atoms with Gasteiger partial charge in [0, 0.05) is 0 Å². The zero-order valence-corrected chi connectivity index (χ0v) is 23.8. The molecule has 194 valence electrons. The smallest absolute Gasteiger partial charge is 0.0324 e. The van der Waals surface area contributed by atoms with E-state index in [1.54, 1.807) is 44.9 Å².